The molecule has 1 aliphatic heterocycles. The van der Waals surface area contributed by atoms with E-state index in [0.717, 1.165) is 5.56 Å². The normalized spacial score (nSPS) is 20.7. The van der Waals surface area contributed by atoms with Crippen molar-refractivity contribution in [3.8, 4) is 17.2 Å². The fourth-order valence-corrected chi connectivity index (χ4v) is 2.06. The minimum Gasteiger partial charge on any atom is -0.489 e. The lowest BCUT2D eigenvalue weighted by Crippen LogP contribution is -2.37. The van der Waals surface area contributed by atoms with E-state index in [4.69, 9.17) is 14.2 Å². The topological polar surface area (TPSA) is 47.9 Å². The molecule has 0 spiro atoms. The Morgan fingerprint density at radius 1 is 1.05 bits per heavy atom. The van der Waals surface area contributed by atoms with Gasteiger partial charge in [0.25, 0.3) is 0 Å². The first-order chi connectivity index (χ1) is 10.1. The maximum atomic E-state index is 9.97. The Kier molecular flexibility index (Phi) is 3.71. The minimum atomic E-state index is -0.982. The van der Waals surface area contributed by atoms with Crippen molar-refractivity contribution in [1.29, 1.82) is 0 Å². The number of hydrogen-bond acceptors (Lipinski definition) is 4. The third-order valence-electron chi connectivity index (χ3n) is 3.24. The van der Waals surface area contributed by atoms with Crippen molar-refractivity contribution >= 4 is 0 Å². The molecule has 1 unspecified atom stereocenters. The monoisotopic (exact) mass is 286 g/mol. The summed E-state index contributed by atoms with van der Waals surface area (Å²) in [5.74, 6) is 1.93. The molecule has 4 heteroatoms. The van der Waals surface area contributed by atoms with Gasteiger partial charge in [-0.05, 0) is 24.6 Å². The van der Waals surface area contributed by atoms with Crippen molar-refractivity contribution in [3.63, 3.8) is 0 Å². The van der Waals surface area contributed by atoms with E-state index in [1.807, 2.05) is 36.4 Å². The van der Waals surface area contributed by atoms with Gasteiger partial charge >= 0.3 is 0 Å². The molecule has 0 bridgehead atoms. The first-order valence-corrected chi connectivity index (χ1v) is 6.91. The maximum absolute atomic E-state index is 9.97. The summed E-state index contributed by atoms with van der Waals surface area (Å²) in [6.45, 7) is 2.59. The standard InChI is InChI=1S/C17H18O4/c1-17(18)11-20-15-8-7-14(9-16(15)21-12-17)19-10-13-5-3-2-4-6-13/h2-9,18H,10-12H2,1H3. The average Bonchev–Trinajstić information content (AvgIpc) is 2.65. The molecular formula is C17H18O4. The molecule has 0 amide bonds. The molecule has 3 rings (SSSR count). The number of hydrogen-bond donors (Lipinski definition) is 1. The Balaban J connectivity index is 1.70. The van der Waals surface area contributed by atoms with Crippen molar-refractivity contribution in [3.05, 3.63) is 54.1 Å². The van der Waals surface area contributed by atoms with Crippen LogP contribution in [0.2, 0.25) is 0 Å². The summed E-state index contributed by atoms with van der Waals surface area (Å²) in [6, 6.07) is 15.4. The molecular weight excluding hydrogens is 268 g/mol. The summed E-state index contributed by atoms with van der Waals surface area (Å²) in [5.41, 5.74) is 0.122. The molecule has 1 atom stereocenters. The van der Waals surface area contributed by atoms with Crippen molar-refractivity contribution < 1.29 is 19.3 Å². The fraction of sp³-hybridized carbons (Fsp3) is 0.294. The molecule has 110 valence electrons. The highest BCUT2D eigenvalue weighted by Gasteiger charge is 2.27. The fourth-order valence-electron chi connectivity index (χ4n) is 2.06. The van der Waals surface area contributed by atoms with Gasteiger partial charge in [-0.3, -0.25) is 0 Å². The molecule has 0 aliphatic carbocycles. The van der Waals surface area contributed by atoms with Crippen molar-refractivity contribution in [2.75, 3.05) is 13.2 Å². The number of benzene rings is 2. The van der Waals surface area contributed by atoms with Crippen LogP contribution >= 0.6 is 0 Å². The summed E-state index contributed by atoms with van der Waals surface area (Å²) in [5, 5.41) is 9.97. The molecule has 2 aromatic rings. The van der Waals surface area contributed by atoms with E-state index in [1.54, 1.807) is 19.1 Å². The van der Waals surface area contributed by atoms with Gasteiger partial charge in [0.15, 0.2) is 11.5 Å². The molecule has 1 N–H and O–H groups in total. The zero-order valence-electron chi connectivity index (χ0n) is 11.9. The quantitative estimate of drug-likeness (QED) is 0.942. The molecule has 4 nitrogen and oxygen atoms in total. The Morgan fingerprint density at radius 3 is 2.52 bits per heavy atom. The van der Waals surface area contributed by atoms with Crippen LogP contribution in [-0.4, -0.2) is 23.9 Å². The van der Waals surface area contributed by atoms with Gasteiger partial charge in [-0.25, -0.2) is 0 Å². The van der Waals surface area contributed by atoms with Gasteiger partial charge in [0, 0.05) is 6.07 Å². The van der Waals surface area contributed by atoms with Crippen molar-refractivity contribution in [2.24, 2.45) is 0 Å². The second-order valence-electron chi connectivity index (χ2n) is 5.46. The van der Waals surface area contributed by atoms with Crippen LogP contribution in [0.25, 0.3) is 0 Å². The van der Waals surface area contributed by atoms with Crippen LogP contribution in [0.15, 0.2) is 48.5 Å². The Bertz CT molecular complexity index is 607. The van der Waals surface area contributed by atoms with Crippen LogP contribution < -0.4 is 14.2 Å². The Hall–Kier alpha value is -2.20. The number of rotatable bonds is 3. The lowest BCUT2D eigenvalue weighted by molar-refractivity contribution is -0.0121. The smallest absolute Gasteiger partial charge is 0.165 e. The van der Waals surface area contributed by atoms with E-state index in [2.05, 4.69) is 0 Å². The summed E-state index contributed by atoms with van der Waals surface area (Å²) >= 11 is 0. The van der Waals surface area contributed by atoms with E-state index < -0.39 is 5.60 Å². The van der Waals surface area contributed by atoms with E-state index in [0.29, 0.717) is 23.9 Å². The third kappa shape index (κ3) is 3.47. The Labute approximate surface area is 123 Å². The van der Waals surface area contributed by atoms with Crippen LogP contribution in [0.5, 0.6) is 17.2 Å². The zero-order chi connectivity index (χ0) is 14.7. The molecule has 1 heterocycles. The summed E-state index contributed by atoms with van der Waals surface area (Å²) in [6.07, 6.45) is 0. The molecule has 0 aromatic heterocycles. The van der Waals surface area contributed by atoms with E-state index in [1.165, 1.54) is 0 Å². The largest absolute Gasteiger partial charge is 0.489 e. The van der Waals surface area contributed by atoms with Crippen LogP contribution in [0.4, 0.5) is 0 Å². The molecule has 0 fully saturated rings. The van der Waals surface area contributed by atoms with Crippen molar-refractivity contribution in [1.82, 2.24) is 0 Å². The van der Waals surface area contributed by atoms with Gasteiger partial charge in [0.05, 0.1) is 0 Å². The van der Waals surface area contributed by atoms with Gasteiger partial charge in [-0.1, -0.05) is 30.3 Å². The highest BCUT2D eigenvalue weighted by Crippen LogP contribution is 2.34. The van der Waals surface area contributed by atoms with Gasteiger partial charge in [0.2, 0.25) is 0 Å². The summed E-state index contributed by atoms with van der Waals surface area (Å²) in [4.78, 5) is 0. The highest BCUT2D eigenvalue weighted by molar-refractivity contribution is 5.46. The van der Waals surface area contributed by atoms with Crippen LogP contribution in [0.1, 0.15) is 12.5 Å². The number of fused-ring (bicyclic) bond motifs is 1. The van der Waals surface area contributed by atoms with Crippen LogP contribution in [0.3, 0.4) is 0 Å². The third-order valence-corrected chi connectivity index (χ3v) is 3.24. The minimum absolute atomic E-state index is 0.197. The summed E-state index contributed by atoms with van der Waals surface area (Å²) in [7, 11) is 0. The molecule has 0 saturated carbocycles. The maximum Gasteiger partial charge on any atom is 0.165 e. The van der Waals surface area contributed by atoms with Crippen LogP contribution in [-0.2, 0) is 6.61 Å². The predicted molar refractivity (Wildman–Crippen MR) is 78.8 cm³/mol. The summed E-state index contributed by atoms with van der Waals surface area (Å²) < 4.78 is 16.9. The van der Waals surface area contributed by atoms with E-state index >= 15 is 0 Å². The lowest BCUT2D eigenvalue weighted by Gasteiger charge is -2.18. The van der Waals surface area contributed by atoms with Crippen LogP contribution in [0, 0.1) is 0 Å². The SMILES string of the molecule is CC1(O)COc2ccc(OCc3ccccc3)cc2OC1. The zero-order valence-corrected chi connectivity index (χ0v) is 11.9. The first-order valence-electron chi connectivity index (χ1n) is 6.91. The molecule has 21 heavy (non-hydrogen) atoms. The molecule has 0 saturated heterocycles. The average molecular weight is 286 g/mol. The van der Waals surface area contributed by atoms with Gasteiger partial charge in [0.1, 0.15) is 31.2 Å². The van der Waals surface area contributed by atoms with E-state index in [-0.39, 0.29) is 13.2 Å². The second-order valence-corrected chi connectivity index (χ2v) is 5.46. The lowest BCUT2D eigenvalue weighted by atomic mass is 10.1. The van der Waals surface area contributed by atoms with Gasteiger partial charge < -0.3 is 19.3 Å². The second kappa shape index (κ2) is 5.66. The highest BCUT2D eigenvalue weighted by atomic mass is 16.6. The Morgan fingerprint density at radius 2 is 1.76 bits per heavy atom. The number of ether oxygens (including phenoxy) is 3. The van der Waals surface area contributed by atoms with Crippen molar-refractivity contribution in [2.45, 2.75) is 19.1 Å². The van der Waals surface area contributed by atoms with E-state index in [9.17, 15) is 5.11 Å². The van der Waals surface area contributed by atoms with Gasteiger partial charge in [-0.15, -0.1) is 0 Å². The first kappa shape index (κ1) is 13.8. The number of aliphatic hydroxyl groups is 1. The molecule has 1 aliphatic rings. The molecule has 2 aromatic carbocycles. The van der Waals surface area contributed by atoms with Gasteiger partial charge in [-0.2, -0.15) is 0 Å². The predicted octanol–water partition coefficient (Wildman–Crippen LogP) is 2.79. The molecule has 0 radical (unpaired) electrons.